The van der Waals surface area contributed by atoms with Crippen molar-refractivity contribution in [2.24, 2.45) is 5.92 Å². The van der Waals surface area contributed by atoms with E-state index < -0.39 is 5.82 Å². The molecule has 0 aromatic heterocycles. The maximum atomic E-state index is 13.8. The minimum atomic E-state index is -0.405. The highest BCUT2D eigenvalue weighted by atomic mass is 32.2. The summed E-state index contributed by atoms with van der Waals surface area (Å²) in [4.78, 5) is 14.0. The van der Waals surface area contributed by atoms with Crippen LogP contribution in [-0.4, -0.2) is 29.6 Å². The molecule has 1 saturated heterocycles. The van der Waals surface area contributed by atoms with Crippen LogP contribution in [0.25, 0.3) is 0 Å². The Balaban J connectivity index is 1.70. The number of hydrogen-bond acceptors (Lipinski definition) is 2. The van der Waals surface area contributed by atoms with Gasteiger partial charge >= 0.3 is 0 Å². The maximum Gasteiger partial charge on any atom is 0.225 e. The molecule has 2 fully saturated rings. The van der Waals surface area contributed by atoms with Crippen LogP contribution in [0.5, 0.6) is 0 Å². The Morgan fingerprint density at radius 3 is 2.75 bits per heavy atom. The minimum Gasteiger partial charge on any atom is -0.342 e. The molecule has 1 aromatic carbocycles. The van der Waals surface area contributed by atoms with Crippen LogP contribution in [0.1, 0.15) is 30.1 Å². The van der Waals surface area contributed by atoms with E-state index in [4.69, 9.17) is 0 Å². The first kappa shape index (κ1) is 13.9. The van der Waals surface area contributed by atoms with Crippen molar-refractivity contribution < 1.29 is 13.6 Å². The summed E-state index contributed by atoms with van der Waals surface area (Å²) in [6.45, 7) is 1.36. The molecule has 1 saturated carbocycles. The average molecular weight is 297 g/mol. The standard InChI is InChI=1S/C15H17F2NOS/c16-11-3-4-13(17)12(9-11)14-5-6-18(7-8-20-14)15(19)10-1-2-10/h3-4,9-10,14H,1-2,5-8H2. The third-order valence-corrected chi connectivity index (χ3v) is 5.19. The predicted molar refractivity (Wildman–Crippen MR) is 75.5 cm³/mol. The maximum absolute atomic E-state index is 13.8. The molecule has 3 rings (SSSR count). The molecule has 1 heterocycles. The van der Waals surface area contributed by atoms with Gasteiger partial charge in [0.2, 0.25) is 5.91 Å². The van der Waals surface area contributed by atoms with Crippen LogP contribution < -0.4 is 0 Å². The van der Waals surface area contributed by atoms with Crippen LogP contribution in [0.2, 0.25) is 0 Å². The smallest absolute Gasteiger partial charge is 0.225 e. The van der Waals surface area contributed by atoms with Crippen molar-refractivity contribution in [3.63, 3.8) is 0 Å². The highest BCUT2D eigenvalue weighted by Gasteiger charge is 2.34. The lowest BCUT2D eigenvalue weighted by Gasteiger charge is -2.20. The molecule has 0 radical (unpaired) electrons. The zero-order valence-corrected chi connectivity index (χ0v) is 12.0. The number of rotatable bonds is 2. The molecule has 0 spiro atoms. The number of carbonyl (C=O) groups is 1. The number of carbonyl (C=O) groups excluding carboxylic acids is 1. The van der Waals surface area contributed by atoms with Crippen LogP contribution in [0, 0.1) is 17.6 Å². The summed E-state index contributed by atoms with van der Waals surface area (Å²) >= 11 is 1.61. The molecule has 1 atom stereocenters. The van der Waals surface area contributed by atoms with Gasteiger partial charge in [-0.15, -0.1) is 0 Å². The van der Waals surface area contributed by atoms with Gasteiger partial charge < -0.3 is 4.90 Å². The largest absolute Gasteiger partial charge is 0.342 e. The average Bonchev–Trinajstić information content (AvgIpc) is 3.27. The molecule has 0 bridgehead atoms. The molecular formula is C15H17F2NOS. The highest BCUT2D eigenvalue weighted by molar-refractivity contribution is 7.99. The fraction of sp³-hybridized carbons (Fsp3) is 0.533. The van der Waals surface area contributed by atoms with E-state index in [1.54, 1.807) is 11.8 Å². The number of nitrogens with zero attached hydrogens (tertiary/aromatic N) is 1. The van der Waals surface area contributed by atoms with E-state index >= 15 is 0 Å². The molecular weight excluding hydrogens is 280 g/mol. The molecule has 2 aliphatic rings. The van der Waals surface area contributed by atoms with Gasteiger partial charge in [0.25, 0.3) is 0 Å². The van der Waals surface area contributed by atoms with Crippen molar-refractivity contribution in [2.45, 2.75) is 24.5 Å². The zero-order chi connectivity index (χ0) is 14.1. The third kappa shape index (κ3) is 2.97. The van der Waals surface area contributed by atoms with E-state index in [-0.39, 0.29) is 22.9 Å². The Morgan fingerprint density at radius 2 is 2.00 bits per heavy atom. The van der Waals surface area contributed by atoms with Gasteiger partial charge in [-0.25, -0.2) is 8.78 Å². The summed E-state index contributed by atoms with van der Waals surface area (Å²) in [6, 6.07) is 3.61. The fourth-order valence-electron chi connectivity index (χ4n) is 2.59. The molecule has 20 heavy (non-hydrogen) atoms. The lowest BCUT2D eigenvalue weighted by Crippen LogP contribution is -2.34. The third-order valence-electron chi connectivity index (χ3n) is 3.88. The first-order valence-corrected chi connectivity index (χ1v) is 8.05. The van der Waals surface area contributed by atoms with Crippen molar-refractivity contribution >= 4 is 17.7 Å². The van der Waals surface area contributed by atoms with Crippen LogP contribution in [0.3, 0.4) is 0 Å². The van der Waals surface area contributed by atoms with Crippen LogP contribution in [0.15, 0.2) is 18.2 Å². The summed E-state index contributed by atoms with van der Waals surface area (Å²) in [6.07, 6.45) is 2.69. The molecule has 1 aromatic rings. The summed E-state index contributed by atoms with van der Waals surface area (Å²) in [5, 5.41) is -0.0669. The molecule has 1 unspecified atom stereocenters. The monoisotopic (exact) mass is 297 g/mol. The second-order valence-electron chi connectivity index (χ2n) is 5.41. The van der Waals surface area contributed by atoms with E-state index in [1.807, 2.05) is 4.90 Å². The molecule has 2 nitrogen and oxygen atoms in total. The Hall–Kier alpha value is -1.10. The first-order chi connectivity index (χ1) is 9.65. The van der Waals surface area contributed by atoms with Gasteiger partial charge in [0.05, 0.1) is 0 Å². The van der Waals surface area contributed by atoms with Gasteiger partial charge in [-0.05, 0) is 37.5 Å². The molecule has 108 valence electrons. The molecule has 5 heteroatoms. The quantitative estimate of drug-likeness (QED) is 0.834. The molecule has 1 aliphatic heterocycles. The van der Waals surface area contributed by atoms with Crippen molar-refractivity contribution in [1.82, 2.24) is 4.90 Å². The summed E-state index contributed by atoms with van der Waals surface area (Å²) < 4.78 is 27.1. The fourth-order valence-corrected chi connectivity index (χ4v) is 3.83. The second kappa shape index (κ2) is 5.72. The lowest BCUT2D eigenvalue weighted by atomic mass is 10.1. The van der Waals surface area contributed by atoms with Crippen molar-refractivity contribution in [3.05, 3.63) is 35.4 Å². The number of halogens is 2. The van der Waals surface area contributed by atoms with E-state index in [2.05, 4.69) is 0 Å². The van der Waals surface area contributed by atoms with E-state index in [9.17, 15) is 13.6 Å². The summed E-state index contributed by atoms with van der Waals surface area (Å²) in [5.41, 5.74) is 0.427. The topological polar surface area (TPSA) is 20.3 Å². The molecule has 1 amide bonds. The van der Waals surface area contributed by atoms with Crippen molar-refractivity contribution in [1.29, 1.82) is 0 Å². The van der Waals surface area contributed by atoms with E-state index in [0.29, 0.717) is 25.1 Å². The SMILES string of the molecule is O=C(C1CC1)N1CCSC(c2cc(F)ccc2F)CC1. The van der Waals surface area contributed by atoms with Crippen molar-refractivity contribution in [2.75, 3.05) is 18.8 Å². The zero-order valence-electron chi connectivity index (χ0n) is 11.1. The van der Waals surface area contributed by atoms with Gasteiger partial charge in [-0.3, -0.25) is 4.79 Å². The summed E-state index contributed by atoms with van der Waals surface area (Å²) in [7, 11) is 0. The Kier molecular flexibility index (Phi) is 3.96. The highest BCUT2D eigenvalue weighted by Crippen LogP contribution is 2.37. The van der Waals surface area contributed by atoms with Crippen LogP contribution >= 0.6 is 11.8 Å². The number of benzene rings is 1. The van der Waals surface area contributed by atoms with Crippen molar-refractivity contribution in [3.8, 4) is 0 Å². The number of amides is 1. The number of hydrogen-bond donors (Lipinski definition) is 0. The number of thioether (sulfide) groups is 1. The van der Waals surface area contributed by atoms with E-state index in [1.165, 1.54) is 12.1 Å². The van der Waals surface area contributed by atoms with Gasteiger partial charge in [0.15, 0.2) is 0 Å². The lowest BCUT2D eigenvalue weighted by molar-refractivity contribution is -0.132. The first-order valence-electron chi connectivity index (χ1n) is 7.00. The second-order valence-corrected chi connectivity index (χ2v) is 6.72. The Bertz CT molecular complexity index is 519. The van der Waals surface area contributed by atoms with Gasteiger partial charge in [0.1, 0.15) is 11.6 Å². The summed E-state index contributed by atoms with van der Waals surface area (Å²) in [5.74, 6) is 0.482. The van der Waals surface area contributed by atoms with Crippen LogP contribution in [0.4, 0.5) is 8.78 Å². The van der Waals surface area contributed by atoms with Gasteiger partial charge in [0, 0.05) is 35.6 Å². The van der Waals surface area contributed by atoms with Gasteiger partial charge in [-0.1, -0.05) is 0 Å². The van der Waals surface area contributed by atoms with Gasteiger partial charge in [-0.2, -0.15) is 11.8 Å². The molecule has 0 N–H and O–H groups in total. The minimum absolute atomic E-state index is 0.0669. The molecule has 1 aliphatic carbocycles. The van der Waals surface area contributed by atoms with Crippen LogP contribution in [-0.2, 0) is 4.79 Å². The Morgan fingerprint density at radius 1 is 1.20 bits per heavy atom. The normalized spacial score (nSPS) is 23.5. The predicted octanol–water partition coefficient (Wildman–Crippen LogP) is 3.38. The van der Waals surface area contributed by atoms with E-state index in [0.717, 1.165) is 24.7 Å². The Labute approximate surface area is 121 Å².